The van der Waals surface area contributed by atoms with Crippen LogP contribution in [0, 0.1) is 5.92 Å². The minimum atomic E-state index is -3.14. The zero-order chi connectivity index (χ0) is 10.7. The van der Waals surface area contributed by atoms with Crippen LogP contribution in [0.15, 0.2) is 0 Å². The smallest absolute Gasteiger partial charge is 0.279 e. The van der Waals surface area contributed by atoms with Crippen molar-refractivity contribution in [3.8, 4) is 0 Å². The molecular weight excluding hydrogens is 216 g/mol. The molecule has 1 N–H and O–H groups in total. The largest absolute Gasteiger partial charge is 0.381 e. The van der Waals surface area contributed by atoms with E-state index in [9.17, 15) is 8.42 Å². The average Bonchev–Trinajstić information content (AvgIpc) is 3.02. The highest BCUT2D eigenvalue weighted by Crippen LogP contribution is 2.18. The minimum absolute atomic E-state index is 0.559. The SMILES string of the molecule is O=S(=O)(NCCC1CCOCC1)N1CC1. The third-order valence-corrected chi connectivity index (χ3v) is 4.54. The fraction of sp³-hybridized carbons (Fsp3) is 1.00. The van der Waals surface area contributed by atoms with Crippen molar-refractivity contribution in [1.29, 1.82) is 0 Å². The Morgan fingerprint density at radius 1 is 1.27 bits per heavy atom. The first-order chi connectivity index (χ1) is 7.18. The Balaban J connectivity index is 1.65. The second-order valence-electron chi connectivity index (χ2n) is 4.14. The van der Waals surface area contributed by atoms with Crippen LogP contribution in [0.25, 0.3) is 0 Å². The average molecular weight is 234 g/mol. The Labute approximate surface area is 91.0 Å². The molecule has 0 aromatic heterocycles. The van der Waals surface area contributed by atoms with E-state index in [1.165, 1.54) is 4.31 Å². The van der Waals surface area contributed by atoms with E-state index in [2.05, 4.69) is 4.72 Å². The van der Waals surface area contributed by atoms with Crippen molar-refractivity contribution in [2.45, 2.75) is 19.3 Å². The molecule has 0 unspecified atom stereocenters. The fourth-order valence-electron chi connectivity index (χ4n) is 1.80. The number of hydrogen-bond acceptors (Lipinski definition) is 3. The van der Waals surface area contributed by atoms with E-state index >= 15 is 0 Å². The van der Waals surface area contributed by atoms with E-state index in [0.717, 1.165) is 32.5 Å². The summed E-state index contributed by atoms with van der Waals surface area (Å²) >= 11 is 0. The van der Waals surface area contributed by atoms with Gasteiger partial charge in [-0.1, -0.05) is 0 Å². The molecule has 2 fully saturated rings. The van der Waals surface area contributed by atoms with E-state index in [1.807, 2.05) is 0 Å². The molecule has 0 aromatic rings. The molecule has 15 heavy (non-hydrogen) atoms. The second kappa shape index (κ2) is 4.78. The van der Waals surface area contributed by atoms with Gasteiger partial charge in [0, 0.05) is 32.8 Å². The van der Waals surface area contributed by atoms with Gasteiger partial charge < -0.3 is 4.74 Å². The maximum absolute atomic E-state index is 11.4. The molecule has 2 rings (SSSR count). The van der Waals surface area contributed by atoms with Crippen LogP contribution in [0.1, 0.15) is 19.3 Å². The van der Waals surface area contributed by atoms with Crippen LogP contribution in [0.4, 0.5) is 0 Å². The Bertz CT molecular complexity index is 294. The van der Waals surface area contributed by atoms with E-state index in [0.29, 0.717) is 25.6 Å². The quantitative estimate of drug-likeness (QED) is 0.679. The van der Waals surface area contributed by atoms with E-state index in [1.54, 1.807) is 0 Å². The van der Waals surface area contributed by atoms with Gasteiger partial charge in [-0.05, 0) is 25.2 Å². The number of rotatable bonds is 5. The third-order valence-electron chi connectivity index (χ3n) is 2.92. The first-order valence-electron chi connectivity index (χ1n) is 5.51. The molecule has 5 nitrogen and oxygen atoms in total. The Morgan fingerprint density at radius 3 is 2.53 bits per heavy atom. The van der Waals surface area contributed by atoms with Gasteiger partial charge >= 0.3 is 0 Å². The van der Waals surface area contributed by atoms with Gasteiger partial charge in [-0.25, -0.2) is 4.72 Å². The van der Waals surface area contributed by atoms with Crippen molar-refractivity contribution in [2.24, 2.45) is 5.92 Å². The lowest BCUT2D eigenvalue weighted by Gasteiger charge is -2.21. The van der Waals surface area contributed by atoms with Gasteiger partial charge in [-0.2, -0.15) is 12.7 Å². The highest BCUT2D eigenvalue weighted by atomic mass is 32.2. The highest BCUT2D eigenvalue weighted by molar-refractivity contribution is 7.87. The van der Waals surface area contributed by atoms with E-state index in [4.69, 9.17) is 4.74 Å². The van der Waals surface area contributed by atoms with Crippen molar-refractivity contribution >= 4 is 10.2 Å². The van der Waals surface area contributed by atoms with Gasteiger partial charge in [0.05, 0.1) is 0 Å². The lowest BCUT2D eigenvalue weighted by Crippen LogP contribution is -2.32. The van der Waals surface area contributed by atoms with Gasteiger partial charge in [0.1, 0.15) is 0 Å². The minimum Gasteiger partial charge on any atom is -0.381 e. The number of ether oxygens (including phenoxy) is 1. The van der Waals surface area contributed by atoms with Crippen molar-refractivity contribution in [2.75, 3.05) is 32.8 Å². The molecule has 0 saturated carbocycles. The van der Waals surface area contributed by atoms with Crippen LogP contribution in [-0.4, -0.2) is 45.6 Å². The molecule has 0 amide bonds. The summed E-state index contributed by atoms with van der Waals surface area (Å²) in [5.74, 6) is 0.621. The fourth-order valence-corrected chi connectivity index (χ4v) is 2.92. The van der Waals surface area contributed by atoms with Gasteiger partial charge in [-0.15, -0.1) is 0 Å². The Hall–Kier alpha value is -0.170. The molecule has 88 valence electrons. The van der Waals surface area contributed by atoms with E-state index in [-0.39, 0.29) is 0 Å². The maximum atomic E-state index is 11.4. The number of nitrogens with one attached hydrogen (secondary N) is 1. The molecule has 0 aliphatic carbocycles. The summed E-state index contributed by atoms with van der Waals surface area (Å²) in [6.07, 6.45) is 3.05. The van der Waals surface area contributed by atoms with Gasteiger partial charge in [-0.3, -0.25) is 0 Å². The Morgan fingerprint density at radius 2 is 1.93 bits per heavy atom. The van der Waals surface area contributed by atoms with Crippen LogP contribution < -0.4 is 4.72 Å². The number of nitrogens with zero attached hydrogens (tertiary/aromatic N) is 1. The summed E-state index contributed by atoms with van der Waals surface area (Å²) in [5.41, 5.74) is 0. The zero-order valence-electron chi connectivity index (χ0n) is 8.81. The van der Waals surface area contributed by atoms with Crippen LogP contribution in [0.5, 0.6) is 0 Å². The molecule has 6 heteroatoms. The number of hydrogen-bond donors (Lipinski definition) is 1. The summed E-state index contributed by atoms with van der Waals surface area (Å²) in [6, 6.07) is 0. The van der Waals surface area contributed by atoms with Crippen LogP contribution >= 0.6 is 0 Å². The summed E-state index contributed by atoms with van der Waals surface area (Å²) < 4.78 is 32.2. The third kappa shape index (κ3) is 3.41. The molecule has 2 saturated heterocycles. The Kier molecular flexibility index (Phi) is 3.60. The molecule has 0 spiro atoms. The van der Waals surface area contributed by atoms with Crippen molar-refractivity contribution < 1.29 is 13.2 Å². The van der Waals surface area contributed by atoms with Gasteiger partial charge in [0.25, 0.3) is 10.2 Å². The monoisotopic (exact) mass is 234 g/mol. The van der Waals surface area contributed by atoms with Crippen molar-refractivity contribution in [3.63, 3.8) is 0 Å². The molecule has 2 aliphatic heterocycles. The van der Waals surface area contributed by atoms with Crippen LogP contribution in [0.3, 0.4) is 0 Å². The summed E-state index contributed by atoms with van der Waals surface area (Å²) in [7, 11) is -3.14. The topological polar surface area (TPSA) is 58.4 Å². The lowest BCUT2D eigenvalue weighted by molar-refractivity contribution is 0.0644. The van der Waals surface area contributed by atoms with Crippen molar-refractivity contribution in [1.82, 2.24) is 9.03 Å². The standard InChI is InChI=1S/C9H18N2O3S/c12-15(13,11-5-6-11)10-4-1-9-2-7-14-8-3-9/h9-10H,1-8H2. The van der Waals surface area contributed by atoms with Gasteiger partial charge in [0.15, 0.2) is 0 Å². The summed E-state index contributed by atoms with van der Waals surface area (Å²) in [6.45, 7) is 3.55. The second-order valence-corrected chi connectivity index (χ2v) is 5.90. The molecule has 0 atom stereocenters. The predicted molar refractivity (Wildman–Crippen MR) is 56.7 cm³/mol. The predicted octanol–water partition coefficient (Wildman–Crippen LogP) is -0.0469. The first kappa shape index (κ1) is 11.3. The van der Waals surface area contributed by atoms with E-state index < -0.39 is 10.2 Å². The van der Waals surface area contributed by atoms with Gasteiger partial charge in [0.2, 0.25) is 0 Å². The molecular formula is C9H18N2O3S. The first-order valence-corrected chi connectivity index (χ1v) is 6.95. The maximum Gasteiger partial charge on any atom is 0.279 e. The van der Waals surface area contributed by atoms with Crippen LogP contribution in [0.2, 0.25) is 0 Å². The zero-order valence-corrected chi connectivity index (χ0v) is 9.63. The summed E-state index contributed by atoms with van der Waals surface area (Å²) in [4.78, 5) is 0. The lowest BCUT2D eigenvalue weighted by atomic mass is 9.97. The highest BCUT2D eigenvalue weighted by Gasteiger charge is 2.31. The van der Waals surface area contributed by atoms with Crippen molar-refractivity contribution in [3.05, 3.63) is 0 Å². The molecule has 0 bridgehead atoms. The van der Waals surface area contributed by atoms with Crippen LogP contribution in [-0.2, 0) is 14.9 Å². The summed E-state index contributed by atoms with van der Waals surface area (Å²) in [5, 5.41) is 0. The molecule has 2 aliphatic rings. The molecule has 0 radical (unpaired) electrons. The molecule has 2 heterocycles. The molecule has 0 aromatic carbocycles. The normalized spacial score (nSPS) is 24.3.